The molecule has 0 spiro atoms. The lowest BCUT2D eigenvalue weighted by atomic mass is 9.94. The van der Waals surface area contributed by atoms with Crippen LogP contribution in [0.25, 0.3) is 11.4 Å². The SMILES string of the molecule is CSCC[C@@H]1NC(=O)CCCN(C(=O)C2CCN(C(=O)c3ccncc3)CC2)CCn2nc(-c3ccccc3)nc2[C@@H](C(C)C)NC1=O. The molecule has 1 saturated heterocycles. The van der Waals surface area contributed by atoms with E-state index in [1.165, 1.54) is 0 Å². The number of benzene rings is 1. The van der Waals surface area contributed by atoms with E-state index in [0.717, 1.165) is 5.56 Å². The summed E-state index contributed by atoms with van der Waals surface area (Å²) >= 11 is 1.62. The van der Waals surface area contributed by atoms with E-state index < -0.39 is 12.1 Å². The Morgan fingerprint density at radius 1 is 0.938 bits per heavy atom. The second kappa shape index (κ2) is 16.7. The fraction of sp³-hybridized carbons (Fsp3) is 0.514. The summed E-state index contributed by atoms with van der Waals surface area (Å²) in [7, 11) is 0. The van der Waals surface area contributed by atoms with Gasteiger partial charge in [-0.2, -0.15) is 16.9 Å². The van der Waals surface area contributed by atoms with Gasteiger partial charge in [-0.15, -0.1) is 0 Å². The zero-order valence-electron chi connectivity index (χ0n) is 28.0. The number of thioether (sulfide) groups is 1. The Kier molecular flexibility index (Phi) is 12.2. The van der Waals surface area contributed by atoms with Crippen molar-refractivity contribution in [2.24, 2.45) is 11.8 Å². The molecule has 2 aliphatic heterocycles. The highest BCUT2D eigenvalue weighted by Gasteiger charge is 2.33. The molecule has 0 radical (unpaired) electrons. The number of rotatable bonds is 7. The second-order valence-electron chi connectivity index (χ2n) is 12.7. The lowest BCUT2D eigenvalue weighted by Crippen LogP contribution is -2.49. The van der Waals surface area contributed by atoms with E-state index >= 15 is 0 Å². The van der Waals surface area contributed by atoms with Crippen LogP contribution in [0, 0.1) is 11.8 Å². The minimum absolute atomic E-state index is 0.0232. The fourth-order valence-corrected chi connectivity index (χ4v) is 6.73. The molecule has 2 N–H and O–H groups in total. The van der Waals surface area contributed by atoms with Crippen LogP contribution in [0.3, 0.4) is 0 Å². The summed E-state index contributed by atoms with van der Waals surface area (Å²) in [6.07, 6.45) is 7.48. The molecule has 1 aromatic carbocycles. The number of carbonyl (C=O) groups excluding carboxylic acids is 4. The first-order chi connectivity index (χ1) is 23.2. The molecule has 0 unspecified atom stereocenters. The van der Waals surface area contributed by atoms with Gasteiger partial charge >= 0.3 is 0 Å². The van der Waals surface area contributed by atoms with Crippen molar-refractivity contribution in [1.29, 1.82) is 0 Å². The molecule has 256 valence electrons. The van der Waals surface area contributed by atoms with Crippen molar-refractivity contribution < 1.29 is 19.2 Å². The summed E-state index contributed by atoms with van der Waals surface area (Å²) in [6.45, 7) is 6.17. The van der Waals surface area contributed by atoms with E-state index in [9.17, 15) is 19.2 Å². The Balaban J connectivity index is 1.39. The first kappa shape index (κ1) is 35.1. The van der Waals surface area contributed by atoms with Gasteiger partial charge in [-0.05, 0) is 55.7 Å². The van der Waals surface area contributed by atoms with E-state index in [1.54, 1.807) is 41.2 Å². The van der Waals surface area contributed by atoms with Crippen molar-refractivity contribution in [3.8, 4) is 11.4 Å². The predicted octanol–water partition coefficient (Wildman–Crippen LogP) is 3.57. The van der Waals surface area contributed by atoms with Crippen LogP contribution in [0.4, 0.5) is 0 Å². The lowest BCUT2D eigenvalue weighted by molar-refractivity contribution is -0.137. The number of fused-ring (bicyclic) bond motifs is 1. The van der Waals surface area contributed by atoms with Gasteiger partial charge in [0.25, 0.3) is 5.91 Å². The molecule has 13 heteroatoms. The number of likely N-dealkylation sites (tertiary alicyclic amines) is 1. The molecule has 5 rings (SSSR count). The van der Waals surface area contributed by atoms with Gasteiger partial charge < -0.3 is 20.4 Å². The molecule has 48 heavy (non-hydrogen) atoms. The van der Waals surface area contributed by atoms with Crippen LogP contribution < -0.4 is 10.6 Å². The first-order valence-corrected chi connectivity index (χ1v) is 18.2. The molecule has 0 aliphatic carbocycles. The molecule has 0 bridgehead atoms. The maximum Gasteiger partial charge on any atom is 0.253 e. The highest BCUT2D eigenvalue weighted by atomic mass is 32.2. The van der Waals surface area contributed by atoms with Gasteiger partial charge in [-0.25, -0.2) is 9.67 Å². The Bertz CT molecular complexity index is 1540. The van der Waals surface area contributed by atoms with Crippen molar-refractivity contribution in [1.82, 2.24) is 40.2 Å². The van der Waals surface area contributed by atoms with E-state index in [2.05, 4.69) is 15.6 Å². The van der Waals surface area contributed by atoms with E-state index in [4.69, 9.17) is 10.1 Å². The molecule has 4 amide bonds. The smallest absolute Gasteiger partial charge is 0.253 e. The van der Waals surface area contributed by atoms with Crippen LogP contribution in [0.2, 0.25) is 0 Å². The molecule has 2 aromatic heterocycles. The van der Waals surface area contributed by atoms with Gasteiger partial charge in [0.15, 0.2) is 11.6 Å². The lowest BCUT2D eigenvalue weighted by Gasteiger charge is -2.34. The van der Waals surface area contributed by atoms with E-state index in [0.29, 0.717) is 81.4 Å². The Morgan fingerprint density at radius 3 is 2.35 bits per heavy atom. The number of hydrogen-bond acceptors (Lipinski definition) is 8. The molecule has 2 aliphatic rings. The Hall–Kier alpha value is -4.26. The summed E-state index contributed by atoms with van der Waals surface area (Å²) < 4.78 is 1.82. The van der Waals surface area contributed by atoms with Crippen LogP contribution in [0.15, 0.2) is 54.9 Å². The number of piperidine rings is 1. The van der Waals surface area contributed by atoms with Crippen molar-refractivity contribution in [2.45, 2.75) is 64.6 Å². The van der Waals surface area contributed by atoms with Crippen LogP contribution in [0.5, 0.6) is 0 Å². The van der Waals surface area contributed by atoms with Crippen LogP contribution in [-0.4, -0.2) is 97.4 Å². The normalized spacial score (nSPS) is 20.1. The summed E-state index contributed by atoms with van der Waals surface area (Å²) in [5.41, 5.74) is 1.45. The standard InChI is InChI=1S/C35H46N8O4S/c1-24(2)30-32-39-31(25-8-5-4-6-9-25)40-43(32)22-21-41(18-7-10-29(44)37-28(15-23-48-3)33(45)38-30)35(47)27-13-19-42(20-14-27)34(46)26-11-16-36-17-12-26/h4-6,8-9,11-12,16-17,24,27-28,30H,7,10,13-15,18-23H2,1-3H3,(H,37,44)(H,38,45)/t28-,30+/m0/s1. The van der Waals surface area contributed by atoms with Crippen LogP contribution in [-0.2, 0) is 20.9 Å². The Labute approximate surface area is 286 Å². The van der Waals surface area contributed by atoms with Gasteiger partial charge in [-0.3, -0.25) is 24.2 Å². The van der Waals surface area contributed by atoms with Crippen molar-refractivity contribution in [3.63, 3.8) is 0 Å². The van der Waals surface area contributed by atoms with Crippen LogP contribution in [0.1, 0.15) is 68.2 Å². The zero-order valence-corrected chi connectivity index (χ0v) is 28.8. The molecule has 0 saturated carbocycles. The average molecular weight is 675 g/mol. The maximum absolute atomic E-state index is 14.1. The largest absolute Gasteiger partial charge is 0.344 e. The van der Waals surface area contributed by atoms with E-state index in [1.807, 2.05) is 60.0 Å². The first-order valence-electron chi connectivity index (χ1n) is 16.8. The van der Waals surface area contributed by atoms with E-state index in [-0.39, 0.29) is 41.9 Å². The number of pyridine rings is 1. The second-order valence-corrected chi connectivity index (χ2v) is 13.7. The molecular weight excluding hydrogens is 629 g/mol. The third kappa shape index (κ3) is 8.80. The van der Waals surface area contributed by atoms with Gasteiger partial charge in [0.2, 0.25) is 17.7 Å². The summed E-state index contributed by atoms with van der Waals surface area (Å²) in [5, 5.41) is 11.0. The molecular formula is C35H46N8O4S. The topological polar surface area (TPSA) is 142 Å². The monoisotopic (exact) mass is 674 g/mol. The summed E-state index contributed by atoms with van der Waals surface area (Å²) in [6, 6.07) is 12.0. The highest BCUT2D eigenvalue weighted by molar-refractivity contribution is 7.98. The third-order valence-electron chi connectivity index (χ3n) is 9.02. The highest BCUT2D eigenvalue weighted by Crippen LogP contribution is 2.26. The molecule has 4 heterocycles. The zero-order chi connectivity index (χ0) is 34.0. The van der Waals surface area contributed by atoms with Crippen molar-refractivity contribution in [3.05, 3.63) is 66.2 Å². The molecule has 1 fully saturated rings. The number of nitrogens with zero attached hydrogens (tertiary/aromatic N) is 6. The molecule has 3 aromatic rings. The minimum Gasteiger partial charge on any atom is -0.344 e. The summed E-state index contributed by atoms with van der Waals surface area (Å²) in [4.78, 5) is 66.3. The predicted molar refractivity (Wildman–Crippen MR) is 185 cm³/mol. The number of hydrogen-bond donors (Lipinski definition) is 2. The van der Waals surface area contributed by atoms with Gasteiger partial charge in [0.1, 0.15) is 6.04 Å². The maximum atomic E-state index is 14.1. The number of aromatic nitrogens is 4. The fourth-order valence-electron chi connectivity index (χ4n) is 6.26. The van der Waals surface area contributed by atoms with Crippen molar-refractivity contribution >= 4 is 35.4 Å². The number of carbonyl (C=O) groups is 4. The molecule has 2 atom stereocenters. The van der Waals surface area contributed by atoms with Gasteiger partial charge in [0.05, 0.1) is 12.6 Å². The quantitative estimate of drug-likeness (QED) is 0.388. The number of amides is 4. The minimum atomic E-state index is -0.683. The third-order valence-corrected chi connectivity index (χ3v) is 9.67. The molecule has 12 nitrogen and oxygen atoms in total. The Morgan fingerprint density at radius 2 is 1.67 bits per heavy atom. The van der Waals surface area contributed by atoms with Gasteiger partial charge in [-0.1, -0.05) is 44.2 Å². The van der Waals surface area contributed by atoms with Crippen LogP contribution >= 0.6 is 11.8 Å². The summed E-state index contributed by atoms with van der Waals surface area (Å²) in [5.74, 6) is 1.14. The van der Waals surface area contributed by atoms with Crippen molar-refractivity contribution in [2.75, 3.05) is 38.2 Å². The number of nitrogens with one attached hydrogen (secondary N) is 2. The van der Waals surface area contributed by atoms with Gasteiger partial charge in [0, 0.05) is 62.0 Å². The average Bonchev–Trinajstić information content (AvgIpc) is 3.53.